The second-order valence-electron chi connectivity index (χ2n) is 4.59. The quantitative estimate of drug-likeness (QED) is 0.796. The third-order valence-electron chi connectivity index (χ3n) is 3.39. The highest BCUT2D eigenvalue weighted by molar-refractivity contribution is 6.29. The lowest BCUT2D eigenvalue weighted by molar-refractivity contribution is 0.142. The third-order valence-corrected chi connectivity index (χ3v) is 3.60. The van der Waals surface area contributed by atoms with Crippen molar-refractivity contribution in [3.8, 4) is 0 Å². The Bertz CT molecular complexity index is 351. The fourth-order valence-corrected chi connectivity index (χ4v) is 2.49. The molecule has 0 bridgehead atoms. The van der Waals surface area contributed by atoms with Crippen LogP contribution in [0.2, 0.25) is 5.15 Å². The van der Waals surface area contributed by atoms with Gasteiger partial charge in [-0.05, 0) is 25.0 Å². The number of aromatic nitrogens is 1. The Labute approximate surface area is 101 Å². The zero-order chi connectivity index (χ0) is 11.4. The Morgan fingerprint density at radius 3 is 2.81 bits per heavy atom. The molecule has 2 rings (SSSR count). The average Bonchev–Trinajstić information content (AvgIpc) is 2.76. The summed E-state index contributed by atoms with van der Waals surface area (Å²) in [5, 5.41) is 13.3. The van der Waals surface area contributed by atoms with Crippen LogP contribution in [0.5, 0.6) is 0 Å². The van der Waals surface area contributed by atoms with Crippen LogP contribution < -0.4 is 5.32 Å². The topological polar surface area (TPSA) is 45.1 Å². The van der Waals surface area contributed by atoms with Gasteiger partial charge in [0.1, 0.15) is 5.15 Å². The van der Waals surface area contributed by atoms with Crippen LogP contribution in [0.15, 0.2) is 18.3 Å². The summed E-state index contributed by atoms with van der Waals surface area (Å²) in [5.41, 5.74) is 1.04. The molecule has 0 amide bonds. The van der Waals surface area contributed by atoms with Crippen LogP contribution in [0.1, 0.15) is 25.7 Å². The first-order valence-corrected chi connectivity index (χ1v) is 6.08. The fraction of sp³-hybridized carbons (Fsp3) is 0.583. The van der Waals surface area contributed by atoms with Crippen molar-refractivity contribution in [2.45, 2.75) is 25.7 Å². The molecule has 2 N–H and O–H groups in total. The van der Waals surface area contributed by atoms with Gasteiger partial charge in [-0.1, -0.05) is 24.4 Å². The Balaban J connectivity index is 1.95. The predicted molar refractivity (Wildman–Crippen MR) is 65.7 cm³/mol. The van der Waals surface area contributed by atoms with Gasteiger partial charge in [-0.15, -0.1) is 0 Å². The monoisotopic (exact) mass is 240 g/mol. The average molecular weight is 241 g/mol. The largest absolute Gasteiger partial charge is 0.396 e. The molecule has 0 aromatic carbocycles. The minimum atomic E-state index is 0.0652. The van der Waals surface area contributed by atoms with E-state index in [1.807, 2.05) is 12.1 Å². The lowest BCUT2D eigenvalue weighted by Gasteiger charge is -2.27. The van der Waals surface area contributed by atoms with Gasteiger partial charge in [0.2, 0.25) is 0 Å². The molecule has 1 fully saturated rings. The molecule has 1 aliphatic carbocycles. The highest BCUT2D eigenvalue weighted by Gasteiger charge is 2.32. The maximum atomic E-state index is 9.47. The second kappa shape index (κ2) is 5.02. The van der Waals surface area contributed by atoms with E-state index in [-0.39, 0.29) is 12.0 Å². The minimum Gasteiger partial charge on any atom is -0.396 e. The standard InChI is InChI=1S/C12H17ClN2O/c13-11-7-10(3-6-14-11)15-8-12(9-16)4-1-2-5-12/h3,6-7,16H,1-2,4-5,8-9H2,(H,14,15). The van der Waals surface area contributed by atoms with Crippen molar-refractivity contribution in [3.63, 3.8) is 0 Å². The molecule has 4 heteroatoms. The van der Waals surface area contributed by atoms with Crippen molar-refractivity contribution in [3.05, 3.63) is 23.5 Å². The van der Waals surface area contributed by atoms with Crippen molar-refractivity contribution >= 4 is 17.3 Å². The van der Waals surface area contributed by atoms with Crippen molar-refractivity contribution in [1.29, 1.82) is 0 Å². The molecule has 0 radical (unpaired) electrons. The van der Waals surface area contributed by atoms with Crippen molar-refractivity contribution in [2.24, 2.45) is 5.41 Å². The van der Waals surface area contributed by atoms with Crippen LogP contribution >= 0.6 is 11.6 Å². The van der Waals surface area contributed by atoms with Gasteiger partial charge in [-0.2, -0.15) is 0 Å². The van der Waals surface area contributed by atoms with E-state index >= 15 is 0 Å². The van der Waals surface area contributed by atoms with E-state index in [4.69, 9.17) is 11.6 Å². The first-order valence-electron chi connectivity index (χ1n) is 5.70. The molecule has 0 unspecified atom stereocenters. The number of rotatable bonds is 4. The smallest absolute Gasteiger partial charge is 0.131 e. The SMILES string of the molecule is OCC1(CNc2ccnc(Cl)c2)CCCC1. The highest BCUT2D eigenvalue weighted by atomic mass is 35.5. The van der Waals surface area contributed by atoms with Gasteiger partial charge in [0, 0.05) is 23.8 Å². The lowest BCUT2D eigenvalue weighted by atomic mass is 9.87. The Kier molecular flexibility index (Phi) is 3.66. The molecule has 1 aliphatic rings. The summed E-state index contributed by atoms with van der Waals surface area (Å²) in [6.07, 6.45) is 6.34. The Morgan fingerprint density at radius 1 is 1.44 bits per heavy atom. The first kappa shape index (κ1) is 11.7. The number of aliphatic hydroxyl groups excluding tert-OH is 1. The molecular weight excluding hydrogens is 224 g/mol. The van der Waals surface area contributed by atoms with Gasteiger partial charge in [-0.3, -0.25) is 0 Å². The summed E-state index contributed by atoms with van der Waals surface area (Å²) in [7, 11) is 0. The molecule has 1 saturated carbocycles. The van der Waals surface area contributed by atoms with Crippen molar-refractivity contribution in [2.75, 3.05) is 18.5 Å². The molecule has 1 aromatic heterocycles. The zero-order valence-corrected chi connectivity index (χ0v) is 10.0. The normalized spacial score (nSPS) is 18.6. The Hall–Kier alpha value is -0.800. The number of nitrogens with zero attached hydrogens (tertiary/aromatic N) is 1. The van der Waals surface area contributed by atoms with E-state index in [0.717, 1.165) is 25.1 Å². The summed E-state index contributed by atoms with van der Waals surface area (Å²) >= 11 is 5.81. The van der Waals surface area contributed by atoms with Crippen LogP contribution in [0.25, 0.3) is 0 Å². The number of halogens is 1. The lowest BCUT2D eigenvalue weighted by Crippen LogP contribution is -2.30. The van der Waals surface area contributed by atoms with E-state index in [9.17, 15) is 5.11 Å². The van der Waals surface area contributed by atoms with E-state index < -0.39 is 0 Å². The number of anilines is 1. The highest BCUT2D eigenvalue weighted by Crippen LogP contribution is 2.37. The van der Waals surface area contributed by atoms with Gasteiger partial charge in [0.05, 0.1) is 6.61 Å². The van der Waals surface area contributed by atoms with E-state index in [1.165, 1.54) is 12.8 Å². The predicted octanol–water partition coefficient (Wildman–Crippen LogP) is 2.70. The number of aliphatic hydroxyl groups is 1. The van der Waals surface area contributed by atoms with Gasteiger partial charge in [0.25, 0.3) is 0 Å². The molecule has 1 aromatic rings. The van der Waals surface area contributed by atoms with Crippen LogP contribution in [0.4, 0.5) is 5.69 Å². The van der Waals surface area contributed by atoms with Crippen LogP contribution in [0, 0.1) is 5.41 Å². The maximum absolute atomic E-state index is 9.47. The summed E-state index contributed by atoms with van der Waals surface area (Å²) < 4.78 is 0. The van der Waals surface area contributed by atoms with E-state index in [0.29, 0.717) is 5.15 Å². The fourth-order valence-electron chi connectivity index (χ4n) is 2.32. The molecule has 3 nitrogen and oxygen atoms in total. The summed E-state index contributed by atoms with van der Waals surface area (Å²) in [4.78, 5) is 3.93. The minimum absolute atomic E-state index is 0.0652. The van der Waals surface area contributed by atoms with Gasteiger partial charge in [-0.25, -0.2) is 4.98 Å². The van der Waals surface area contributed by atoms with Crippen molar-refractivity contribution < 1.29 is 5.11 Å². The van der Waals surface area contributed by atoms with Crippen LogP contribution in [0.3, 0.4) is 0 Å². The van der Waals surface area contributed by atoms with Gasteiger partial charge < -0.3 is 10.4 Å². The summed E-state index contributed by atoms with van der Waals surface area (Å²) in [6.45, 7) is 1.07. The summed E-state index contributed by atoms with van der Waals surface area (Å²) in [6, 6.07) is 3.70. The molecular formula is C12H17ClN2O. The number of pyridine rings is 1. The molecule has 1 heterocycles. The molecule has 0 atom stereocenters. The first-order chi connectivity index (χ1) is 7.74. The molecule has 0 aliphatic heterocycles. The van der Waals surface area contributed by atoms with Crippen LogP contribution in [-0.4, -0.2) is 23.2 Å². The third kappa shape index (κ3) is 2.66. The van der Waals surface area contributed by atoms with Crippen molar-refractivity contribution in [1.82, 2.24) is 4.98 Å². The summed E-state index contributed by atoms with van der Waals surface area (Å²) in [5.74, 6) is 0. The second-order valence-corrected chi connectivity index (χ2v) is 4.97. The maximum Gasteiger partial charge on any atom is 0.131 e. The van der Waals surface area contributed by atoms with Gasteiger partial charge >= 0.3 is 0 Å². The molecule has 88 valence electrons. The number of hydrogen-bond acceptors (Lipinski definition) is 3. The van der Waals surface area contributed by atoms with Crippen LogP contribution in [-0.2, 0) is 0 Å². The molecule has 16 heavy (non-hydrogen) atoms. The molecule has 0 saturated heterocycles. The Morgan fingerprint density at radius 2 is 2.19 bits per heavy atom. The van der Waals surface area contributed by atoms with E-state index in [1.54, 1.807) is 6.20 Å². The molecule has 0 spiro atoms. The van der Waals surface area contributed by atoms with Gasteiger partial charge in [0.15, 0.2) is 0 Å². The van der Waals surface area contributed by atoms with E-state index in [2.05, 4.69) is 10.3 Å². The zero-order valence-electron chi connectivity index (χ0n) is 9.25. The number of hydrogen-bond donors (Lipinski definition) is 2. The number of nitrogens with one attached hydrogen (secondary N) is 1.